The van der Waals surface area contributed by atoms with Crippen molar-refractivity contribution in [1.29, 1.82) is 0 Å². The van der Waals surface area contributed by atoms with Gasteiger partial charge in [-0.3, -0.25) is 19.7 Å². The van der Waals surface area contributed by atoms with Gasteiger partial charge in [0.2, 0.25) is 5.91 Å². The maximum Gasteiger partial charge on any atom is 0.273 e. The predicted molar refractivity (Wildman–Crippen MR) is 119 cm³/mol. The number of likely N-dealkylation sites (tertiary alicyclic amines) is 1. The molecular formula is C21H26N4O5S. The van der Waals surface area contributed by atoms with Crippen LogP contribution < -0.4 is 15.4 Å². The summed E-state index contributed by atoms with van der Waals surface area (Å²) < 4.78 is 5.14. The van der Waals surface area contributed by atoms with Gasteiger partial charge in [0.25, 0.3) is 11.6 Å². The summed E-state index contributed by atoms with van der Waals surface area (Å²) in [6.07, 6.45) is 1.98. The molecule has 2 amide bonds. The Labute approximate surface area is 184 Å². The molecule has 3 rings (SSSR count). The molecule has 1 saturated heterocycles. The number of ether oxygens (including phenoxy) is 1. The lowest BCUT2D eigenvalue weighted by atomic mass is 10.0. The smallest absolute Gasteiger partial charge is 0.273 e. The number of methoxy groups -OCH3 is 1. The monoisotopic (exact) mass is 446 g/mol. The third-order valence-corrected chi connectivity index (χ3v) is 6.21. The van der Waals surface area contributed by atoms with Crippen molar-refractivity contribution < 1.29 is 19.2 Å². The van der Waals surface area contributed by atoms with E-state index in [1.54, 1.807) is 0 Å². The van der Waals surface area contributed by atoms with Crippen LogP contribution in [0.2, 0.25) is 0 Å². The number of carbonyl (C=O) groups is 2. The quantitative estimate of drug-likeness (QED) is 0.475. The highest BCUT2D eigenvalue weighted by Crippen LogP contribution is 2.29. The number of aryl methyl sites for hydroxylation is 1. The first-order valence-electron chi connectivity index (χ1n) is 10.1. The van der Waals surface area contributed by atoms with Crippen molar-refractivity contribution >= 4 is 34.5 Å². The summed E-state index contributed by atoms with van der Waals surface area (Å²) >= 11 is 1.49. The number of anilines is 1. The average Bonchev–Trinajstić information content (AvgIpc) is 3.20. The predicted octanol–water partition coefficient (Wildman–Crippen LogP) is 3.20. The number of thiophene rings is 1. The number of nitrogens with one attached hydrogen (secondary N) is 2. The Hall–Kier alpha value is -2.98. The van der Waals surface area contributed by atoms with E-state index in [0.29, 0.717) is 18.7 Å². The molecule has 2 N–H and O–H groups in total. The molecule has 0 atom stereocenters. The zero-order chi connectivity index (χ0) is 22.4. The van der Waals surface area contributed by atoms with Crippen LogP contribution in [0.3, 0.4) is 0 Å². The van der Waals surface area contributed by atoms with Crippen LogP contribution in [0.25, 0.3) is 0 Å². The molecule has 166 valence electrons. The minimum Gasteiger partial charge on any atom is -0.494 e. The molecule has 1 aliphatic rings. The number of piperidine rings is 1. The second-order valence-corrected chi connectivity index (χ2v) is 8.73. The van der Waals surface area contributed by atoms with E-state index in [9.17, 15) is 19.7 Å². The number of non-ortho nitro benzene ring substituents is 1. The summed E-state index contributed by atoms with van der Waals surface area (Å²) in [5.41, 5.74) is 0.308. The Morgan fingerprint density at radius 3 is 2.61 bits per heavy atom. The molecule has 10 heteroatoms. The van der Waals surface area contributed by atoms with Crippen LogP contribution in [0.5, 0.6) is 5.75 Å². The van der Waals surface area contributed by atoms with Gasteiger partial charge >= 0.3 is 0 Å². The first-order valence-corrected chi connectivity index (χ1v) is 10.9. The van der Waals surface area contributed by atoms with Crippen LogP contribution in [-0.4, -0.2) is 54.4 Å². The normalized spacial score (nSPS) is 14.8. The molecule has 2 heterocycles. The fraction of sp³-hybridized carbons (Fsp3) is 0.429. The van der Waals surface area contributed by atoms with Crippen LogP contribution in [0.4, 0.5) is 11.4 Å². The van der Waals surface area contributed by atoms with Gasteiger partial charge in [0.05, 0.1) is 28.7 Å². The van der Waals surface area contributed by atoms with Gasteiger partial charge in [-0.25, -0.2) is 0 Å². The zero-order valence-electron chi connectivity index (χ0n) is 17.6. The molecule has 1 aromatic carbocycles. The summed E-state index contributed by atoms with van der Waals surface area (Å²) in [7, 11) is 1.40. The maximum atomic E-state index is 12.3. The molecule has 9 nitrogen and oxygen atoms in total. The minimum atomic E-state index is -0.512. The zero-order valence-corrected chi connectivity index (χ0v) is 18.4. The second-order valence-electron chi connectivity index (χ2n) is 7.44. The number of benzene rings is 1. The first kappa shape index (κ1) is 22.7. The molecule has 2 aromatic rings. The van der Waals surface area contributed by atoms with Gasteiger partial charge in [-0.15, -0.1) is 11.3 Å². The van der Waals surface area contributed by atoms with Crippen molar-refractivity contribution in [2.45, 2.75) is 32.2 Å². The van der Waals surface area contributed by atoms with Crippen molar-refractivity contribution in [2.24, 2.45) is 0 Å². The highest BCUT2D eigenvalue weighted by molar-refractivity contribution is 7.13. The van der Waals surface area contributed by atoms with Gasteiger partial charge in [0.1, 0.15) is 5.75 Å². The molecule has 31 heavy (non-hydrogen) atoms. The van der Waals surface area contributed by atoms with Gasteiger partial charge in [-0.2, -0.15) is 0 Å². The standard InChI is InChI=1S/C21H26N4O5S/c1-14-3-6-19(31-14)21(27)22-15-7-10-24(11-8-15)12-9-20(26)23-17-5-4-16(25(28)29)13-18(17)30-2/h3-6,13,15H,7-12H2,1-2H3,(H,22,27)(H,23,26). The number of hydrogen-bond acceptors (Lipinski definition) is 7. The van der Waals surface area contributed by atoms with Gasteiger partial charge in [-0.1, -0.05) is 0 Å². The Kier molecular flexibility index (Phi) is 7.59. The largest absolute Gasteiger partial charge is 0.494 e. The molecule has 0 spiro atoms. The average molecular weight is 447 g/mol. The molecule has 1 aliphatic heterocycles. The number of rotatable bonds is 8. The Bertz CT molecular complexity index is 953. The topological polar surface area (TPSA) is 114 Å². The highest BCUT2D eigenvalue weighted by Gasteiger charge is 2.22. The number of nitro groups is 1. The summed E-state index contributed by atoms with van der Waals surface area (Å²) in [6.45, 7) is 4.20. The lowest BCUT2D eigenvalue weighted by Gasteiger charge is -2.32. The van der Waals surface area contributed by atoms with E-state index in [1.165, 1.54) is 36.6 Å². The summed E-state index contributed by atoms with van der Waals surface area (Å²) in [5.74, 6) is 0.0451. The molecule has 0 saturated carbocycles. The van der Waals surface area contributed by atoms with Crippen LogP contribution in [0.15, 0.2) is 30.3 Å². The number of nitro benzene ring substituents is 1. The summed E-state index contributed by atoms with van der Waals surface area (Å²) in [4.78, 5) is 39.0. The third kappa shape index (κ3) is 6.25. The lowest BCUT2D eigenvalue weighted by Crippen LogP contribution is -2.45. The summed E-state index contributed by atoms with van der Waals surface area (Å²) in [5, 5.41) is 16.7. The number of hydrogen-bond donors (Lipinski definition) is 2. The van der Waals surface area contributed by atoms with Crippen molar-refractivity contribution in [1.82, 2.24) is 10.2 Å². The van der Waals surface area contributed by atoms with Crippen LogP contribution in [0, 0.1) is 17.0 Å². The van der Waals surface area contributed by atoms with E-state index in [1.807, 2.05) is 19.1 Å². The second kappa shape index (κ2) is 10.4. The van der Waals surface area contributed by atoms with E-state index in [2.05, 4.69) is 15.5 Å². The number of carbonyl (C=O) groups excluding carboxylic acids is 2. The maximum absolute atomic E-state index is 12.3. The van der Waals surface area contributed by atoms with Gasteiger partial charge < -0.3 is 20.3 Å². The molecule has 0 bridgehead atoms. The van der Waals surface area contributed by atoms with E-state index < -0.39 is 4.92 Å². The number of nitrogens with zero attached hydrogens (tertiary/aromatic N) is 2. The van der Waals surface area contributed by atoms with Gasteiger partial charge in [-0.05, 0) is 38.0 Å². The molecule has 1 fully saturated rings. The van der Waals surface area contributed by atoms with E-state index in [0.717, 1.165) is 35.7 Å². The van der Waals surface area contributed by atoms with E-state index in [-0.39, 0.29) is 29.3 Å². The van der Waals surface area contributed by atoms with E-state index >= 15 is 0 Å². The van der Waals surface area contributed by atoms with Gasteiger partial charge in [0.15, 0.2) is 0 Å². The van der Waals surface area contributed by atoms with Crippen molar-refractivity contribution in [3.8, 4) is 5.75 Å². The summed E-state index contributed by atoms with van der Waals surface area (Å²) in [6, 6.07) is 8.02. The molecule has 1 aromatic heterocycles. The van der Waals surface area contributed by atoms with Crippen molar-refractivity contribution in [3.05, 3.63) is 50.2 Å². The van der Waals surface area contributed by atoms with Crippen molar-refractivity contribution in [2.75, 3.05) is 32.1 Å². The van der Waals surface area contributed by atoms with Crippen LogP contribution in [0.1, 0.15) is 33.8 Å². The van der Waals surface area contributed by atoms with Crippen LogP contribution >= 0.6 is 11.3 Å². The minimum absolute atomic E-state index is 0.0204. The molecule has 0 radical (unpaired) electrons. The molecular weight excluding hydrogens is 420 g/mol. The SMILES string of the molecule is COc1cc([N+](=O)[O-])ccc1NC(=O)CCN1CCC(NC(=O)c2ccc(C)s2)CC1. The third-order valence-electron chi connectivity index (χ3n) is 5.21. The van der Waals surface area contributed by atoms with E-state index in [4.69, 9.17) is 4.74 Å². The first-order chi connectivity index (χ1) is 14.9. The Balaban J connectivity index is 1.42. The Morgan fingerprint density at radius 2 is 2.00 bits per heavy atom. The van der Waals surface area contributed by atoms with Gasteiger partial charge in [0, 0.05) is 43.0 Å². The lowest BCUT2D eigenvalue weighted by molar-refractivity contribution is -0.384. The number of amides is 2. The fourth-order valence-corrected chi connectivity index (χ4v) is 4.25. The molecule has 0 unspecified atom stereocenters. The highest BCUT2D eigenvalue weighted by atomic mass is 32.1. The molecule has 0 aliphatic carbocycles. The fourth-order valence-electron chi connectivity index (χ4n) is 3.48. The van der Waals surface area contributed by atoms with Crippen molar-refractivity contribution in [3.63, 3.8) is 0 Å². The Morgan fingerprint density at radius 1 is 1.26 bits per heavy atom. The van der Waals surface area contributed by atoms with Crippen LogP contribution in [-0.2, 0) is 4.79 Å².